The standard InChI is InChI=1S/C25H27NO6/c1-4-31-19-7-5-6-16(14-19)22-21(24(28)25(29)26(22)10-11-30-3)23(27)17-8-9-20-18(13-17)12-15(2)32-20/h5-9,13-15,22,27H,4,10-12H2,1-3H3/b23-21+/t15-,22-/m1/s1. The zero-order valence-electron chi connectivity index (χ0n) is 18.5. The van der Waals surface area contributed by atoms with E-state index in [-0.39, 0.29) is 30.6 Å². The molecule has 7 nitrogen and oxygen atoms in total. The molecule has 0 saturated carbocycles. The van der Waals surface area contributed by atoms with Crippen LogP contribution in [-0.2, 0) is 20.7 Å². The van der Waals surface area contributed by atoms with Gasteiger partial charge in [0.25, 0.3) is 11.7 Å². The zero-order chi connectivity index (χ0) is 22.8. The number of aliphatic hydroxyl groups is 1. The maximum absolute atomic E-state index is 13.1. The van der Waals surface area contributed by atoms with Gasteiger partial charge in [0.15, 0.2) is 0 Å². The van der Waals surface area contributed by atoms with Crippen LogP contribution in [0.5, 0.6) is 11.5 Å². The molecule has 2 aliphatic rings. The molecule has 168 valence electrons. The van der Waals surface area contributed by atoms with Crippen LogP contribution >= 0.6 is 0 Å². The lowest BCUT2D eigenvalue weighted by atomic mass is 9.94. The number of likely N-dealkylation sites (tertiary alicyclic amines) is 1. The Morgan fingerprint density at radius 1 is 1.22 bits per heavy atom. The molecule has 4 rings (SSSR count). The van der Waals surface area contributed by atoms with Crippen molar-refractivity contribution in [3.05, 3.63) is 64.7 Å². The number of ketones is 1. The van der Waals surface area contributed by atoms with E-state index in [1.165, 1.54) is 12.0 Å². The number of aliphatic hydroxyl groups excluding tert-OH is 1. The number of carbonyl (C=O) groups excluding carboxylic acids is 2. The molecular formula is C25H27NO6. The predicted molar refractivity (Wildman–Crippen MR) is 119 cm³/mol. The van der Waals surface area contributed by atoms with Gasteiger partial charge in [-0.2, -0.15) is 0 Å². The number of amides is 1. The van der Waals surface area contributed by atoms with Gasteiger partial charge in [0, 0.05) is 25.6 Å². The molecule has 0 aromatic heterocycles. The van der Waals surface area contributed by atoms with Crippen molar-refractivity contribution in [2.24, 2.45) is 0 Å². The first kappa shape index (κ1) is 21.9. The van der Waals surface area contributed by atoms with E-state index >= 15 is 0 Å². The smallest absolute Gasteiger partial charge is 0.295 e. The van der Waals surface area contributed by atoms with Crippen LogP contribution in [0.3, 0.4) is 0 Å². The second-order valence-corrected chi connectivity index (χ2v) is 7.95. The van der Waals surface area contributed by atoms with Gasteiger partial charge in [0.1, 0.15) is 23.4 Å². The quantitative estimate of drug-likeness (QED) is 0.406. The maximum Gasteiger partial charge on any atom is 0.295 e. The number of ether oxygens (including phenoxy) is 3. The lowest BCUT2D eigenvalue weighted by Gasteiger charge is -2.25. The molecule has 0 aliphatic carbocycles. The fraction of sp³-hybridized carbons (Fsp3) is 0.360. The Hall–Kier alpha value is -3.32. The predicted octanol–water partition coefficient (Wildman–Crippen LogP) is 3.48. The third-order valence-electron chi connectivity index (χ3n) is 5.73. The number of nitrogens with zero attached hydrogens (tertiary/aromatic N) is 1. The highest BCUT2D eigenvalue weighted by Crippen LogP contribution is 2.41. The topological polar surface area (TPSA) is 85.3 Å². The molecule has 1 fully saturated rings. The number of benzene rings is 2. The Kier molecular flexibility index (Phi) is 6.19. The van der Waals surface area contributed by atoms with Gasteiger partial charge in [-0.1, -0.05) is 12.1 Å². The first-order chi connectivity index (χ1) is 15.4. The molecule has 2 heterocycles. The van der Waals surface area contributed by atoms with E-state index in [9.17, 15) is 14.7 Å². The first-order valence-corrected chi connectivity index (χ1v) is 10.7. The van der Waals surface area contributed by atoms with Gasteiger partial charge >= 0.3 is 0 Å². The van der Waals surface area contributed by atoms with E-state index in [0.29, 0.717) is 23.5 Å². The number of fused-ring (bicyclic) bond motifs is 1. The maximum atomic E-state index is 13.1. The third kappa shape index (κ3) is 3.96. The molecular weight excluding hydrogens is 410 g/mol. The van der Waals surface area contributed by atoms with Gasteiger partial charge < -0.3 is 24.2 Å². The van der Waals surface area contributed by atoms with Gasteiger partial charge in [0.05, 0.1) is 24.8 Å². The van der Waals surface area contributed by atoms with Gasteiger partial charge in [0.2, 0.25) is 0 Å². The summed E-state index contributed by atoms with van der Waals surface area (Å²) < 4.78 is 16.5. The second kappa shape index (κ2) is 9.04. The number of hydrogen-bond acceptors (Lipinski definition) is 6. The SMILES string of the molecule is CCOc1cccc([C@@H]2/C(=C(\O)c3ccc4c(c3)C[C@@H](C)O4)C(=O)C(=O)N2CCOC)c1. The van der Waals surface area contributed by atoms with Gasteiger partial charge in [-0.15, -0.1) is 0 Å². The first-order valence-electron chi connectivity index (χ1n) is 10.7. The second-order valence-electron chi connectivity index (χ2n) is 7.95. The van der Waals surface area contributed by atoms with Crippen molar-refractivity contribution in [1.29, 1.82) is 0 Å². The Balaban J connectivity index is 1.82. The molecule has 7 heteroatoms. The van der Waals surface area contributed by atoms with Gasteiger partial charge in [-0.25, -0.2) is 0 Å². The molecule has 2 aromatic rings. The summed E-state index contributed by atoms with van der Waals surface area (Å²) in [5, 5.41) is 11.2. The normalized spacial score (nSPS) is 21.5. The average molecular weight is 437 g/mol. The van der Waals surface area contributed by atoms with Crippen LogP contribution in [0.1, 0.15) is 36.6 Å². The Morgan fingerprint density at radius 3 is 2.78 bits per heavy atom. The van der Waals surface area contributed by atoms with Crippen molar-refractivity contribution in [3.8, 4) is 11.5 Å². The van der Waals surface area contributed by atoms with Gasteiger partial charge in [-0.05, 0) is 55.3 Å². The summed E-state index contributed by atoms with van der Waals surface area (Å²) >= 11 is 0. The van der Waals surface area contributed by atoms with Crippen molar-refractivity contribution in [1.82, 2.24) is 4.90 Å². The highest BCUT2D eigenvalue weighted by Gasteiger charge is 2.46. The minimum atomic E-state index is -0.742. The van der Waals surface area contributed by atoms with Crippen molar-refractivity contribution in [3.63, 3.8) is 0 Å². The Bertz CT molecular complexity index is 1080. The lowest BCUT2D eigenvalue weighted by Crippen LogP contribution is -2.32. The van der Waals surface area contributed by atoms with E-state index in [1.54, 1.807) is 18.2 Å². The summed E-state index contributed by atoms with van der Waals surface area (Å²) in [6.07, 6.45) is 0.779. The summed E-state index contributed by atoms with van der Waals surface area (Å²) in [6, 6.07) is 11.8. The summed E-state index contributed by atoms with van der Waals surface area (Å²) in [6.45, 7) is 4.84. The number of rotatable bonds is 7. The third-order valence-corrected chi connectivity index (χ3v) is 5.73. The molecule has 32 heavy (non-hydrogen) atoms. The van der Waals surface area contributed by atoms with E-state index in [2.05, 4.69) is 0 Å². The van der Waals surface area contributed by atoms with Crippen LogP contribution in [0.4, 0.5) is 0 Å². The van der Waals surface area contributed by atoms with Crippen LogP contribution in [0.2, 0.25) is 0 Å². The van der Waals surface area contributed by atoms with E-state index < -0.39 is 17.7 Å². The van der Waals surface area contributed by atoms with Crippen LogP contribution in [0, 0.1) is 0 Å². The van der Waals surface area contributed by atoms with Crippen molar-refractivity contribution in [2.75, 3.05) is 26.9 Å². The van der Waals surface area contributed by atoms with E-state index in [1.807, 2.05) is 38.1 Å². The van der Waals surface area contributed by atoms with Crippen molar-refractivity contribution in [2.45, 2.75) is 32.4 Å². The van der Waals surface area contributed by atoms with Crippen LogP contribution in [-0.4, -0.2) is 54.7 Å². The number of Topliss-reactive ketones (excluding diaryl/α,β-unsaturated/α-hetero) is 1. The molecule has 0 spiro atoms. The number of carbonyl (C=O) groups is 2. The molecule has 1 amide bonds. The molecule has 2 aromatic carbocycles. The van der Waals surface area contributed by atoms with Crippen LogP contribution < -0.4 is 9.47 Å². The van der Waals surface area contributed by atoms with Gasteiger partial charge in [-0.3, -0.25) is 9.59 Å². The Morgan fingerprint density at radius 2 is 2.03 bits per heavy atom. The highest BCUT2D eigenvalue weighted by molar-refractivity contribution is 6.46. The van der Waals surface area contributed by atoms with Crippen molar-refractivity contribution >= 4 is 17.4 Å². The minimum absolute atomic E-state index is 0.0586. The molecule has 0 unspecified atom stereocenters. The van der Waals surface area contributed by atoms with Crippen molar-refractivity contribution < 1.29 is 28.9 Å². The molecule has 0 radical (unpaired) electrons. The zero-order valence-corrected chi connectivity index (χ0v) is 18.5. The summed E-state index contributed by atoms with van der Waals surface area (Å²) in [5.74, 6) is -0.164. The van der Waals surface area contributed by atoms with E-state index in [4.69, 9.17) is 14.2 Å². The highest BCUT2D eigenvalue weighted by atomic mass is 16.5. The van der Waals surface area contributed by atoms with E-state index in [0.717, 1.165) is 17.7 Å². The van der Waals surface area contributed by atoms with Crippen LogP contribution in [0.25, 0.3) is 5.76 Å². The van der Waals surface area contributed by atoms with Crippen LogP contribution in [0.15, 0.2) is 48.0 Å². The summed E-state index contributed by atoms with van der Waals surface area (Å²) in [5.41, 5.74) is 2.19. The fourth-order valence-electron chi connectivity index (χ4n) is 4.31. The number of methoxy groups -OCH3 is 1. The lowest BCUT2D eigenvalue weighted by molar-refractivity contribution is -0.140. The summed E-state index contributed by atoms with van der Waals surface area (Å²) in [7, 11) is 1.54. The Labute approximate surface area is 187 Å². The molecule has 2 atom stereocenters. The fourth-order valence-corrected chi connectivity index (χ4v) is 4.31. The summed E-state index contributed by atoms with van der Waals surface area (Å²) in [4.78, 5) is 27.4. The molecule has 1 N–H and O–H groups in total. The largest absolute Gasteiger partial charge is 0.507 e. The monoisotopic (exact) mass is 437 g/mol. The average Bonchev–Trinajstić information content (AvgIpc) is 3.28. The minimum Gasteiger partial charge on any atom is -0.507 e. The molecule has 2 aliphatic heterocycles. The molecule has 1 saturated heterocycles. The number of hydrogen-bond donors (Lipinski definition) is 1. The molecule has 0 bridgehead atoms.